The number of hydrogen-bond donors (Lipinski definition) is 1. The van der Waals surface area contributed by atoms with Crippen molar-refractivity contribution >= 4 is 31.6 Å². The average molecular weight is 345 g/mol. The molecule has 2 rings (SSSR count). The first-order chi connectivity index (χ1) is 8.87. The van der Waals surface area contributed by atoms with Crippen LogP contribution in [0.1, 0.15) is 5.56 Å². The summed E-state index contributed by atoms with van der Waals surface area (Å²) in [5.41, 5.74) is 0.808. The Morgan fingerprint density at radius 1 is 1.21 bits per heavy atom. The maximum Gasteiger partial charge on any atom is 0.263 e. The number of sulfonamides is 1. The molecule has 0 bridgehead atoms. The summed E-state index contributed by atoms with van der Waals surface area (Å²) in [7, 11) is -3.78. The third-order valence-corrected chi connectivity index (χ3v) is 4.07. The SMILES string of the molecule is Cc1cc(F)cc(NS(=O)(=O)c2cncc(Br)c2)c1. The topological polar surface area (TPSA) is 59.1 Å². The fourth-order valence-corrected chi connectivity index (χ4v) is 3.09. The monoisotopic (exact) mass is 344 g/mol. The second kappa shape index (κ2) is 5.26. The molecule has 7 heteroatoms. The van der Waals surface area contributed by atoms with Crippen LogP contribution < -0.4 is 4.72 Å². The number of benzene rings is 1. The van der Waals surface area contributed by atoms with Crippen molar-refractivity contribution in [2.24, 2.45) is 0 Å². The Kier molecular flexibility index (Phi) is 3.86. The molecule has 1 aromatic carbocycles. The van der Waals surface area contributed by atoms with E-state index >= 15 is 0 Å². The summed E-state index contributed by atoms with van der Waals surface area (Å²) in [6.07, 6.45) is 2.70. The molecule has 0 saturated carbocycles. The third kappa shape index (κ3) is 3.51. The third-order valence-electron chi connectivity index (χ3n) is 2.28. The summed E-state index contributed by atoms with van der Waals surface area (Å²) < 4.78 is 40.2. The number of rotatable bonds is 3. The molecule has 0 spiro atoms. The Morgan fingerprint density at radius 3 is 2.58 bits per heavy atom. The summed E-state index contributed by atoms with van der Waals surface area (Å²) in [6.45, 7) is 1.68. The van der Waals surface area contributed by atoms with Crippen molar-refractivity contribution in [2.45, 2.75) is 11.8 Å². The maximum absolute atomic E-state index is 13.2. The number of aryl methyl sites for hydroxylation is 1. The minimum atomic E-state index is -3.78. The van der Waals surface area contributed by atoms with Crippen LogP contribution in [0.25, 0.3) is 0 Å². The van der Waals surface area contributed by atoms with Gasteiger partial charge in [0.15, 0.2) is 0 Å². The second-order valence-electron chi connectivity index (χ2n) is 3.96. The Balaban J connectivity index is 2.36. The highest BCUT2D eigenvalue weighted by Gasteiger charge is 2.15. The van der Waals surface area contributed by atoms with Gasteiger partial charge in [-0.2, -0.15) is 0 Å². The molecule has 4 nitrogen and oxygen atoms in total. The summed E-state index contributed by atoms with van der Waals surface area (Å²) in [5.74, 6) is -0.495. The molecular formula is C12H10BrFN2O2S. The van der Waals surface area contributed by atoms with E-state index in [-0.39, 0.29) is 10.6 Å². The molecule has 0 aliphatic heterocycles. The molecule has 0 aliphatic carbocycles. The standard InChI is InChI=1S/C12H10BrFN2O2S/c1-8-2-10(14)5-11(3-8)16-19(17,18)12-4-9(13)6-15-7-12/h2-7,16H,1H3. The van der Waals surface area contributed by atoms with Crippen molar-refractivity contribution in [3.05, 3.63) is 52.5 Å². The highest BCUT2D eigenvalue weighted by atomic mass is 79.9. The van der Waals surface area contributed by atoms with Gasteiger partial charge in [-0.15, -0.1) is 0 Å². The number of nitrogens with one attached hydrogen (secondary N) is 1. The van der Waals surface area contributed by atoms with Crippen LogP contribution >= 0.6 is 15.9 Å². The van der Waals surface area contributed by atoms with Crippen LogP contribution in [-0.4, -0.2) is 13.4 Å². The van der Waals surface area contributed by atoms with Gasteiger partial charge in [0.25, 0.3) is 10.0 Å². The maximum atomic E-state index is 13.2. The number of aromatic nitrogens is 1. The Hall–Kier alpha value is -1.47. The molecule has 0 aliphatic rings. The number of hydrogen-bond acceptors (Lipinski definition) is 3. The zero-order valence-corrected chi connectivity index (χ0v) is 12.3. The minimum absolute atomic E-state index is 0.00351. The van der Waals surface area contributed by atoms with Gasteiger partial charge < -0.3 is 0 Å². The smallest absolute Gasteiger partial charge is 0.263 e. The average Bonchev–Trinajstić information content (AvgIpc) is 2.26. The van der Waals surface area contributed by atoms with E-state index in [1.165, 1.54) is 24.5 Å². The van der Waals surface area contributed by atoms with Crippen LogP contribution in [0.15, 0.2) is 46.0 Å². The first-order valence-electron chi connectivity index (χ1n) is 5.27. The van der Waals surface area contributed by atoms with E-state index in [0.29, 0.717) is 10.0 Å². The molecule has 0 saturated heterocycles. The minimum Gasteiger partial charge on any atom is -0.279 e. The quantitative estimate of drug-likeness (QED) is 0.930. The molecule has 1 heterocycles. The fraction of sp³-hybridized carbons (Fsp3) is 0.0833. The molecule has 0 unspecified atom stereocenters. The molecule has 1 N–H and O–H groups in total. The van der Waals surface area contributed by atoms with Gasteiger partial charge in [-0.05, 0) is 52.7 Å². The van der Waals surface area contributed by atoms with E-state index in [0.717, 1.165) is 6.07 Å². The van der Waals surface area contributed by atoms with Crippen LogP contribution in [0.4, 0.5) is 10.1 Å². The van der Waals surface area contributed by atoms with Gasteiger partial charge in [0.2, 0.25) is 0 Å². The van der Waals surface area contributed by atoms with E-state index in [2.05, 4.69) is 25.6 Å². The van der Waals surface area contributed by atoms with Crippen LogP contribution in [0.2, 0.25) is 0 Å². The van der Waals surface area contributed by atoms with Crippen molar-refractivity contribution in [1.29, 1.82) is 0 Å². The lowest BCUT2D eigenvalue weighted by atomic mass is 10.2. The predicted molar refractivity (Wildman–Crippen MR) is 73.9 cm³/mol. The normalized spacial score (nSPS) is 11.3. The van der Waals surface area contributed by atoms with Crippen LogP contribution in [0.3, 0.4) is 0 Å². The molecule has 1 aromatic heterocycles. The Labute approximate surface area is 118 Å². The summed E-state index contributed by atoms with van der Waals surface area (Å²) in [4.78, 5) is 3.79. The molecule has 0 radical (unpaired) electrons. The van der Waals surface area contributed by atoms with Crippen molar-refractivity contribution in [1.82, 2.24) is 4.98 Å². The molecule has 2 aromatic rings. The largest absolute Gasteiger partial charge is 0.279 e. The van der Waals surface area contributed by atoms with Crippen molar-refractivity contribution in [3.8, 4) is 0 Å². The van der Waals surface area contributed by atoms with Crippen LogP contribution in [0.5, 0.6) is 0 Å². The lowest BCUT2D eigenvalue weighted by molar-refractivity contribution is 0.600. The van der Waals surface area contributed by atoms with Gasteiger partial charge in [-0.3, -0.25) is 9.71 Å². The van der Waals surface area contributed by atoms with Gasteiger partial charge in [0, 0.05) is 16.9 Å². The zero-order chi connectivity index (χ0) is 14.0. The van der Waals surface area contributed by atoms with Crippen molar-refractivity contribution in [2.75, 3.05) is 4.72 Å². The summed E-state index contributed by atoms with van der Waals surface area (Å²) in [5, 5.41) is 0. The van der Waals surface area contributed by atoms with E-state index < -0.39 is 15.8 Å². The van der Waals surface area contributed by atoms with Crippen molar-refractivity contribution < 1.29 is 12.8 Å². The van der Waals surface area contributed by atoms with Crippen LogP contribution in [-0.2, 0) is 10.0 Å². The Morgan fingerprint density at radius 2 is 1.95 bits per heavy atom. The predicted octanol–water partition coefficient (Wildman–Crippen LogP) is 3.09. The van der Waals surface area contributed by atoms with E-state index in [9.17, 15) is 12.8 Å². The number of halogens is 2. The first-order valence-corrected chi connectivity index (χ1v) is 7.55. The van der Waals surface area contributed by atoms with Gasteiger partial charge in [-0.1, -0.05) is 0 Å². The molecule has 0 fully saturated rings. The number of nitrogens with zero attached hydrogens (tertiary/aromatic N) is 1. The van der Waals surface area contributed by atoms with Crippen molar-refractivity contribution in [3.63, 3.8) is 0 Å². The van der Waals surface area contributed by atoms with Gasteiger partial charge >= 0.3 is 0 Å². The fourth-order valence-electron chi connectivity index (χ4n) is 1.55. The zero-order valence-electron chi connectivity index (χ0n) is 9.89. The summed E-state index contributed by atoms with van der Waals surface area (Å²) in [6, 6.07) is 5.40. The highest BCUT2D eigenvalue weighted by Crippen LogP contribution is 2.20. The number of anilines is 1. The molecule has 100 valence electrons. The lowest BCUT2D eigenvalue weighted by Crippen LogP contribution is -2.13. The van der Waals surface area contributed by atoms with Gasteiger partial charge in [0.05, 0.1) is 5.69 Å². The molecule has 0 atom stereocenters. The molecule has 19 heavy (non-hydrogen) atoms. The first kappa shape index (κ1) is 14.0. The van der Waals surface area contributed by atoms with Gasteiger partial charge in [-0.25, -0.2) is 12.8 Å². The number of pyridine rings is 1. The highest BCUT2D eigenvalue weighted by molar-refractivity contribution is 9.10. The second-order valence-corrected chi connectivity index (χ2v) is 6.56. The molecule has 0 amide bonds. The summed E-state index contributed by atoms with van der Waals surface area (Å²) >= 11 is 3.15. The lowest BCUT2D eigenvalue weighted by Gasteiger charge is -2.09. The Bertz CT molecular complexity index is 699. The molecular weight excluding hydrogens is 335 g/mol. The van der Waals surface area contributed by atoms with Gasteiger partial charge in [0.1, 0.15) is 10.7 Å². The van der Waals surface area contributed by atoms with E-state index in [1.54, 1.807) is 13.0 Å². The van der Waals surface area contributed by atoms with E-state index in [1.807, 2.05) is 0 Å². The van der Waals surface area contributed by atoms with Crippen LogP contribution in [0, 0.1) is 12.7 Å². The van der Waals surface area contributed by atoms with E-state index in [4.69, 9.17) is 0 Å².